The van der Waals surface area contributed by atoms with Crippen LogP contribution in [0.5, 0.6) is 0 Å². The van der Waals surface area contributed by atoms with E-state index < -0.39 is 0 Å². The Bertz CT molecular complexity index is 536. The van der Waals surface area contributed by atoms with Gasteiger partial charge in [0.05, 0.1) is 11.8 Å². The van der Waals surface area contributed by atoms with Crippen LogP contribution in [0.1, 0.15) is 25.3 Å². The Morgan fingerprint density at radius 1 is 1.41 bits per heavy atom. The number of aliphatic hydroxyl groups is 1. The first-order valence-corrected chi connectivity index (χ1v) is 5.97. The van der Waals surface area contributed by atoms with Crippen LogP contribution in [-0.4, -0.2) is 26.2 Å². The third-order valence-electron chi connectivity index (χ3n) is 3.69. The summed E-state index contributed by atoms with van der Waals surface area (Å²) in [4.78, 5) is 8.37. The maximum Gasteiger partial charge on any atom is 0.151 e. The topological polar surface area (TPSA) is 77.0 Å². The molecule has 90 valence electrons. The molecule has 0 amide bonds. The van der Waals surface area contributed by atoms with Gasteiger partial charge >= 0.3 is 0 Å². The van der Waals surface area contributed by atoms with Crippen LogP contribution in [0.15, 0.2) is 18.6 Å². The van der Waals surface area contributed by atoms with E-state index in [0.717, 1.165) is 30.3 Å². The molecule has 5 heteroatoms. The summed E-state index contributed by atoms with van der Waals surface area (Å²) in [6.45, 7) is 0.285. The molecule has 3 N–H and O–H groups in total. The maximum atomic E-state index is 9.18. The zero-order valence-corrected chi connectivity index (χ0v) is 9.58. The highest BCUT2D eigenvalue weighted by Gasteiger charge is 2.26. The molecule has 5 nitrogen and oxygen atoms in total. The monoisotopic (exact) mass is 232 g/mol. The Labute approximate surface area is 99.3 Å². The lowest BCUT2D eigenvalue weighted by atomic mass is 10.1. The molecule has 0 aromatic carbocycles. The number of aliphatic hydroxyl groups excluding tert-OH is 1. The number of imidazole rings is 1. The first-order chi connectivity index (χ1) is 8.29. The SMILES string of the molecule is Nc1nccc2c1ncn2[C@H]1CCC(CO)C1. The van der Waals surface area contributed by atoms with Crippen LogP contribution in [0.25, 0.3) is 11.0 Å². The molecule has 1 fully saturated rings. The predicted octanol–water partition coefficient (Wildman–Crippen LogP) is 1.35. The fourth-order valence-electron chi connectivity index (χ4n) is 2.74. The van der Waals surface area contributed by atoms with Crippen LogP contribution in [0, 0.1) is 5.92 Å². The number of hydrogen-bond donors (Lipinski definition) is 2. The van der Waals surface area contributed by atoms with E-state index in [4.69, 9.17) is 5.73 Å². The normalized spacial score (nSPS) is 24.5. The highest BCUT2D eigenvalue weighted by Crippen LogP contribution is 2.36. The van der Waals surface area contributed by atoms with Crippen molar-refractivity contribution in [2.24, 2.45) is 5.92 Å². The second kappa shape index (κ2) is 4.00. The summed E-state index contributed by atoms with van der Waals surface area (Å²) in [5, 5.41) is 9.18. The molecule has 17 heavy (non-hydrogen) atoms. The lowest BCUT2D eigenvalue weighted by Crippen LogP contribution is -2.06. The smallest absolute Gasteiger partial charge is 0.151 e. The number of nitrogens with zero attached hydrogens (tertiary/aromatic N) is 3. The van der Waals surface area contributed by atoms with Gasteiger partial charge in [0.1, 0.15) is 5.52 Å². The number of aromatic nitrogens is 3. The van der Waals surface area contributed by atoms with E-state index in [1.807, 2.05) is 12.4 Å². The highest BCUT2D eigenvalue weighted by atomic mass is 16.3. The third-order valence-corrected chi connectivity index (χ3v) is 3.69. The van der Waals surface area contributed by atoms with Crippen molar-refractivity contribution in [3.05, 3.63) is 18.6 Å². The number of pyridine rings is 1. The van der Waals surface area contributed by atoms with Gasteiger partial charge in [0.15, 0.2) is 5.82 Å². The average molecular weight is 232 g/mol. The van der Waals surface area contributed by atoms with Gasteiger partial charge in [0, 0.05) is 18.8 Å². The molecule has 2 aromatic rings. The van der Waals surface area contributed by atoms with Gasteiger partial charge < -0.3 is 15.4 Å². The van der Waals surface area contributed by atoms with Crippen molar-refractivity contribution in [1.82, 2.24) is 14.5 Å². The minimum atomic E-state index is 0.285. The van der Waals surface area contributed by atoms with Crippen LogP contribution in [0.3, 0.4) is 0 Å². The Morgan fingerprint density at radius 2 is 2.29 bits per heavy atom. The van der Waals surface area contributed by atoms with Gasteiger partial charge in [-0.3, -0.25) is 0 Å². The average Bonchev–Trinajstić information content (AvgIpc) is 2.94. The predicted molar refractivity (Wildman–Crippen MR) is 65.4 cm³/mol. The minimum Gasteiger partial charge on any atom is -0.396 e. The van der Waals surface area contributed by atoms with E-state index in [2.05, 4.69) is 14.5 Å². The van der Waals surface area contributed by atoms with E-state index in [-0.39, 0.29) is 6.61 Å². The molecule has 2 atom stereocenters. The number of nitrogen functional groups attached to an aromatic ring is 1. The molecule has 0 spiro atoms. The largest absolute Gasteiger partial charge is 0.396 e. The Kier molecular flexibility index (Phi) is 2.48. The van der Waals surface area contributed by atoms with Gasteiger partial charge in [-0.25, -0.2) is 9.97 Å². The van der Waals surface area contributed by atoms with Gasteiger partial charge in [0.25, 0.3) is 0 Å². The van der Waals surface area contributed by atoms with E-state index in [0.29, 0.717) is 17.8 Å². The first kappa shape index (κ1) is 10.5. The van der Waals surface area contributed by atoms with E-state index in [1.54, 1.807) is 6.20 Å². The van der Waals surface area contributed by atoms with Gasteiger partial charge in [-0.2, -0.15) is 0 Å². The van der Waals surface area contributed by atoms with Gasteiger partial charge in [-0.1, -0.05) is 0 Å². The molecule has 0 saturated heterocycles. The molecular weight excluding hydrogens is 216 g/mol. The summed E-state index contributed by atoms with van der Waals surface area (Å²) in [5.74, 6) is 0.912. The van der Waals surface area contributed by atoms with Crippen molar-refractivity contribution in [2.45, 2.75) is 25.3 Å². The Hall–Kier alpha value is -1.62. The molecule has 1 unspecified atom stereocenters. The number of rotatable bonds is 2. The molecule has 2 heterocycles. The molecule has 1 aliphatic rings. The number of hydrogen-bond acceptors (Lipinski definition) is 4. The van der Waals surface area contributed by atoms with Crippen LogP contribution < -0.4 is 5.73 Å². The third kappa shape index (κ3) is 1.67. The van der Waals surface area contributed by atoms with E-state index >= 15 is 0 Å². The maximum absolute atomic E-state index is 9.18. The van der Waals surface area contributed by atoms with Crippen LogP contribution in [-0.2, 0) is 0 Å². The van der Waals surface area contributed by atoms with Crippen molar-refractivity contribution in [3.63, 3.8) is 0 Å². The van der Waals surface area contributed by atoms with E-state index in [9.17, 15) is 5.11 Å². The Balaban J connectivity index is 1.99. The van der Waals surface area contributed by atoms with Crippen molar-refractivity contribution in [2.75, 3.05) is 12.3 Å². The lowest BCUT2D eigenvalue weighted by molar-refractivity contribution is 0.226. The number of fused-ring (bicyclic) bond motifs is 1. The standard InChI is InChI=1S/C12H16N4O/c13-12-11-10(3-4-14-12)16(7-15-11)9-2-1-8(5-9)6-17/h3-4,7-9,17H,1-2,5-6H2,(H2,13,14)/t8?,9-/m0/s1. The quantitative estimate of drug-likeness (QED) is 0.819. The Morgan fingerprint density at radius 3 is 3.06 bits per heavy atom. The van der Waals surface area contributed by atoms with Crippen LogP contribution in [0.4, 0.5) is 5.82 Å². The molecular formula is C12H16N4O. The summed E-state index contributed by atoms with van der Waals surface area (Å²) >= 11 is 0. The van der Waals surface area contributed by atoms with Crippen LogP contribution in [0.2, 0.25) is 0 Å². The second-order valence-corrected chi connectivity index (χ2v) is 4.73. The van der Waals surface area contributed by atoms with Gasteiger partial charge in [-0.15, -0.1) is 0 Å². The summed E-state index contributed by atoms with van der Waals surface area (Å²) in [5.41, 5.74) is 7.62. The summed E-state index contributed by atoms with van der Waals surface area (Å²) < 4.78 is 2.17. The van der Waals surface area contributed by atoms with Gasteiger partial charge in [0.2, 0.25) is 0 Å². The molecule has 0 aliphatic heterocycles. The molecule has 3 rings (SSSR count). The van der Waals surface area contributed by atoms with Crippen molar-refractivity contribution < 1.29 is 5.11 Å². The molecule has 0 radical (unpaired) electrons. The van der Waals surface area contributed by atoms with Gasteiger partial charge in [-0.05, 0) is 31.2 Å². The van der Waals surface area contributed by atoms with Crippen molar-refractivity contribution >= 4 is 16.9 Å². The highest BCUT2D eigenvalue weighted by molar-refractivity contribution is 5.84. The first-order valence-electron chi connectivity index (χ1n) is 5.97. The number of anilines is 1. The molecule has 1 saturated carbocycles. The molecule has 0 bridgehead atoms. The number of nitrogens with two attached hydrogens (primary N) is 1. The fraction of sp³-hybridized carbons (Fsp3) is 0.500. The van der Waals surface area contributed by atoms with E-state index in [1.165, 1.54) is 0 Å². The van der Waals surface area contributed by atoms with Crippen LogP contribution >= 0.6 is 0 Å². The minimum absolute atomic E-state index is 0.285. The molecule has 2 aromatic heterocycles. The fourth-order valence-corrected chi connectivity index (χ4v) is 2.74. The zero-order chi connectivity index (χ0) is 11.8. The lowest BCUT2D eigenvalue weighted by Gasteiger charge is -2.13. The van der Waals surface area contributed by atoms with Crippen molar-refractivity contribution in [1.29, 1.82) is 0 Å². The second-order valence-electron chi connectivity index (χ2n) is 4.73. The summed E-state index contributed by atoms with van der Waals surface area (Å²) in [7, 11) is 0. The van der Waals surface area contributed by atoms with Crippen molar-refractivity contribution in [3.8, 4) is 0 Å². The molecule has 1 aliphatic carbocycles. The zero-order valence-electron chi connectivity index (χ0n) is 9.58. The summed E-state index contributed by atoms with van der Waals surface area (Å²) in [6, 6.07) is 2.38. The summed E-state index contributed by atoms with van der Waals surface area (Å²) in [6.07, 6.45) is 6.76.